The van der Waals surface area contributed by atoms with Crippen LogP contribution in [0.25, 0.3) is 0 Å². The van der Waals surface area contributed by atoms with Crippen molar-refractivity contribution in [1.29, 1.82) is 0 Å². The van der Waals surface area contributed by atoms with E-state index in [0.29, 0.717) is 23.0 Å². The molecule has 0 unspecified atom stereocenters. The molecule has 2 amide bonds. The summed E-state index contributed by atoms with van der Waals surface area (Å²) in [7, 11) is 0. The predicted octanol–water partition coefficient (Wildman–Crippen LogP) is 2.44. The van der Waals surface area contributed by atoms with Gasteiger partial charge in [-0.15, -0.1) is 0 Å². The van der Waals surface area contributed by atoms with Crippen LogP contribution in [0, 0.1) is 5.92 Å². The molecule has 2 heterocycles. The normalized spacial score (nSPS) is 14.1. The van der Waals surface area contributed by atoms with Gasteiger partial charge in [-0.1, -0.05) is 30.3 Å². The Morgan fingerprint density at radius 3 is 2.33 bits per heavy atom. The first-order chi connectivity index (χ1) is 16.0. The van der Waals surface area contributed by atoms with Crippen LogP contribution in [-0.4, -0.2) is 34.7 Å². The molecule has 3 aromatic rings. The van der Waals surface area contributed by atoms with Crippen molar-refractivity contribution in [3.8, 4) is 0 Å². The lowest BCUT2D eigenvalue weighted by molar-refractivity contribution is -0.117. The van der Waals surface area contributed by atoms with E-state index < -0.39 is 5.91 Å². The molecule has 2 aromatic carbocycles. The summed E-state index contributed by atoms with van der Waals surface area (Å²) in [5.41, 5.74) is 7.11. The maximum Gasteiger partial charge on any atom is 0.267 e. The Kier molecular flexibility index (Phi) is 6.83. The van der Waals surface area contributed by atoms with Crippen molar-refractivity contribution < 1.29 is 9.59 Å². The highest BCUT2D eigenvalue weighted by Crippen LogP contribution is 2.24. The Morgan fingerprint density at radius 1 is 0.970 bits per heavy atom. The maximum absolute atomic E-state index is 12.4. The standard InChI is InChI=1S/C25H27N5O3/c26-25(33)20-6-8-21(9-7-20)27-23(31)17-30-24(32)11-10-22(28-30)29-14-12-19(13-15-29)16-18-4-2-1-3-5-18/h1-11,19H,12-17H2,(H2,26,33)(H,27,31). The third-order valence-electron chi connectivity index (χ3n) is 5.90. The third kappa shape index (κ3) is 5.85. The molecule has 1 fully saturated rings. The predicted molar refractivity (Wildman–Crippen MR) is 127 cm³/mol. The van der Waals surface area contributed by atoms with Crippen LogP contribution in [0.5, 0.6) is 0 Å². The number of rotatable bonds is 7. The minimum atomic E-state index is -0.537. The van der Waals surface area contributed by atoms with Gasteiger partial charge in [-0.3, -0.25) is 14.4 Å². The Hall–Kier alpha value is -3.94. The third-order valence-corrected chi connectivity index (χ3v) is 5.90. The number of hydrogen-bond acceptors (Lipinski definition) is 5. The number of piperidine rings is 1. The van der Waals surface area contributed by atoms with Gasteiger partial charge in [0.05, 0.1) is 0 Å². The van der Waals surface area contributed by atoms with E-state index in [-0.39, 0.29) is 18.0 Å². The van der Waals surface area contributed by atoms with Gasteiger partial charge in [-0.2, -0.15) is 5.10 Å². The van der Waals surface area contributed by atoms with E-state index in [0.717, 1.165) is 32.4 Å². The average molecular weight is 446 g/mol. The number of nitrogens with zero attached hydrogens (tertiary/aromatic N) is 3. The number of primary amides is 1. The van der Waals surface area contributed by atoms with Gasteiger partial charge >= 0.3 is 0 Å². The lowest BCUT2D eigenvalue weighted by Crippen LogP contribution is -2.37. The summed E-state index contributed by atoms with van der Waals surface area (Å²) in [6.07, 6.45) is 3.18. The summed E-state index contributed by atoms with van der Waals surface area (Å²) in [5.74, 6) is 0.410. The van der Waals surface area contributed by atoms with Crippen LogP contribution in [0.3, 0.4) is 0 Å². The van der Waals surface area contributed by atoms with Crippen molar-refractivity contribution in [2.24, 2.45) is 11.7 Å². The molecule has 8 heteroatoms. The zero-order valence-electron chi connectivity index (χ0n) is 18.3. The van der Waals surface area contributed by atoms with E-state index in [9.17, 15) is 14.4 Å². The number of benzene rings is 2. The number of carbonyl (C=O) groups excluding carboxylic acids is 2. The number of carbonyl (C=O) groups is 2. The summed E-state index contributed by atoms with van der Waals surface area (Å²) in [6, 6.07) is 19.9. The molecule has 0 atom stereocenters. The second-order valence-electron chi connectivity index (χ2n) is 8.30. The number of nitrogens with two attached hydrogens (primary N) is 1. The molecule has 0 saturated carbocycles. The van der Waals surface area contributed by atoms with Crippen molar-refractivity contribution in [2.45, 2.75) is 25.8 Å². The molecule has 1 aliphatic heterocycles. The molecule has 170 valence electrons. The molecule has 1 aromatic heterocycles. The number of aromatic nitrogens is 2. The van der Waals surface area contributed by atoms with Crippen LogP contribution in [0.1, 0.15) is 28.8 Å². The van der Waals surface area contributed by atoms with Crippen LogP contribution in [0.2, 0.25) is 0 Å². The molecule has 33 heavy (non-hydrogen) atoms. The number of hydrogen-bond donors (Lipinski definition) is 2. The SMILES string of the molecule is NC(=O)c1ccc(NC(=O)Cn2nc(N3CCC(Cc4ccccc4)CC3)ccc2=O)cc1. The van der Waals surface area contributed by atoms with Crippen LogP contribution >= 0.6 is 0 Å². The van der Waals surface area contributed by atoms with Crippen molar-refractivity contribution in [3.05, 3.63) is 88.2 Å². The Bertz CT molecular complexity index is 1170. The van der Waals surface area contributed by atoms with Gasteiger partial charge in [-0.05, 0) is 61.1 Å². The van der Waals surface area contributed by atoms with E-state index in [2.05, 4.69) is 39.6 Å². The second-order valence-corrected chi connectivity index (χ2v) is 8.30. The van der Waals surface area contributed by atoms with Crippen molar-refractivity contribution in [3.63, 3.8) is 0 Å². The molecule has 0 bridgehead atoms. The fourth-order valence-corrected chi connectivity index (χ4v) is 4.09. The molecule has 0 spiro atoms. The summed E-state index contributed by atoms with van der Waals surface area (Å²) >= 11 is 0. The van der Waals surface area contributed by atoms with Crippen molar-refractivity contribution >= 4 is 23.3 Å². The van der Waals surface area contributed by atoms with Crippen LogP contribution in [0.4, 0.5) is 11.5 Å². The Labute approximate surface area is 192 Å². The highest BCUT2D eigenvalue weighted by molar-refractivity contribution is 5.94. The average Bonchev–Trinajstić information content (AvgIpc) is 2.82. The van der Waals surface area contributed by atoms with E-state index >= 15 is 0 Å². The number of nitrogens with one attached hydrogen (secondary N) is 1. The molecule has 3 N–H and O–H groups in total. The van der Waals surface area contributed by atoms with Gasteiger partial charge in [0.1, 0.15) is 12.4 Å². The molecule has 0 aliphatic carbocycles. The molecular formula is C25H27N5O3. The minimum absolute atomic E-state index is 0.200. The quantitative estimate of drug-likeness (QED) is 0.580. The fraction of sp³-hybridized carbons (Fsp3) is 0.280. The largest absolute Gasteiger partial charge is 0.366 e. The zero-order valence-corrected chi connectivity index (χ0v) is 18.3. The molecular weight excluding hydrogens is 418 g/mol. The van der Waals surface area contributed by atoms with Gasteiger partial charge in [-0.25, -0.2) is 4.68 Å². The van der Waals surface area contributed by atoms with Gasteiger partial charge in [0.25, 0.3) is 5.56 Å². The van der Waals surface area contributed by atoms with E-state index in [4.69, 9.17) is 5.73 Å². The molecule has 1 saturated heterocycles. The summed E-state index contributed by atoms with van der Waals surface area (Å²) in [6.45, 7) is 1.52. The molecule has 8 nitrogen and oxygen atoms in total. The first-order valence-electron chi connectivity index (χ1n) is 11.0. The van der Waals surface area contributed by atoms with Gasteiger partial charge < -0.3 is 16.0 Å². The first kappa shape index (κ1) is 22.3. The second kappa shape index (κ2) is 10.1. The van der Waals surface area contributed by atoms with Crippen LogP contribution in [0.15, 0.2) is 71.5 Å². The minimum Gasteiger partial charge on any atom is -0.366 e. The lowest BCUT2D eigenvalue weighted by Gasteiger charge is -2.33. The van der Waals surface area contributed by atoms with Gasteiger partial charge in [0.15, 0.2) is 0 Å². The van der Waals surface area contributed by atoms with Crippen LogP contribution < -0.4 is 21.5 Å². The van der Waals surface area contributed by atoms with Crippen molar-refractivity contribution in [1.82, 2.24) is 9.78 Å². The Balaban J connectivity index is 1.35. The monoisotopic (exact) mass is 445 g/mol. The summed E-state index contributed by atoms with van der Waals surface area (Å²) in [5, 5.41) is 7.14. The molecule has 4 rings (SSSR count). The molecule has 0 radical (unpaired) electrons. The summed E-state index contributed by atoms with van der Waals surface area (Å²) < 4.78 is 1.18. The summed E-state index contributed by atoms with van der Waals surface area (Å²) in [4.78, 5) is 38.0. The topological polar surface area (TPSA) is 110 Å². The Morgan fingerprint density at radius 2 is 1.67 bits per heavy atom. The first-order valence-corrected chi connectivity index (χ1v) is 11.0. The number of amides is 2. The van der Waals surface area contributed by atoms with Crippen LogP contribution in [-0.2, 0) is 17.8 Å². The maximum atomic E-state index is 12.4. The highest BCUT2D eigenvalue weighted by Gasteiger charge is 2.21. The van der Waals surface area contributed by atoms with Gasteiger partial charge in [0, 0.05) is 30.4 Å². The smallest absolute Gasteiger partial charge is 0.267 e. The van der Waals surface area contributed by atoms with Crippen molar-refractivity contribution in [2.75, 3.05) is 23.3 Å². The fourth-order valence-electron chi connectivity index (χ4n) is 4.09. The van der Waals surface area contributed by atoms with E-state index in [1.807, 2.05) is 6.07 Å². The van der Waals surface area contributed by atoms with E-state index in [1.54, 1.807) is 18.2 Å². The van der Waals surface area contributed by atoms with E-state index in [1.165, 1.54) is 28.4 Å². The molecule has 1 aliphatic rings. The highest BCUT2D eigenvalue weighted by atomic mass is 16.2. The number of anilines is 2. The van der Waals surface area contributed by atoms with Gasteiger partial charge in [0.2, 0.25) is 11.8 Å². The lowest BCUT2D eigenvalue weighted by atomic mass is 9.90. The zero-order chi connectivity index (χ0) is 23.2.